The second kappa shape index (κ2) is 9.52. The van der Waals surface area contributed by atoms with Crippen LogP contribution in [0.3, 0.4) is 0 Å². The van der Waals surface area contributed by atoms with E-state index in [0.717, 1.165) is 0 Å². The molecule has 1 amide bonds. The number of fused-ring (bicyclic) bond motifs is 1. The number of aliphatic hydroxyl groups is 1. The van der Waals surface area contributed by atoms with Crippen molar-refractivity contribution in [2.45, 2.75) is 12.5 Å². The van der Waals surface area contributed by atoms with E-state index < -0.39 is 22.7 Å². The molecule has 10 nitrogen and oxygen atoms in total. The maximum Gasteiger partial charge on any atom is 0.295 e. The Morgan fingerprint density at radius 2 is 1.79 bits per heavy atom. The number of likely N-dealkylation sites (tertiary alicyclic amines) is 1. The summed E-state index contributed by atoms with van der Waals surface area (Å²) in [7, 11) is 3.81. The molecule has 4 rings (SSSR count). The molecule has 178 valence electrons. The number of rotatable bonds is 7. The van der Waals surface area contributed by atoms with Gasteiger partial charge in [0, 0.05) is 24.2 Å². The number of aliphatic hydroxyl groups excluding tert-OH is 1. The molecule has 0 radical (unpaired) electrons. The Morgan fingerprint density at radius 1 is 1.12 bits per heavy atom. The third-order valence-corrected chi connectivity index (χ3v) is 5.78. The highest BCUT2D eigenvalue weighted by atomic mass is 16.6. The number of nitrogens with zero attached hydrogens (tertiary/aromatic N) is 3. The van der Waals surface area contributed by atoms with E-state index >= 15 is 0 Å². The zero-order valence-corrected chi connectivity index (χ0v) is 18.9. The third-order valence-electron chi connectivity index (χ3n) is 5.78. The van der Waals surface area contributed by atoms with Gasteiger partial charge in [0.05, 0.1) is 16.5 Å². The number of Topliss-reactive ketones (excluding diaryl/α,β-unsaturated/α-hetero) is 1. The Kier molecular flexibility index (Phi) is 6.51. The van der Waals surface area contributed by atoms with Crippen LogP contribution in [0.2, 0.25) is 0 Å². The first-order valence-corrected chi connectivity index (χ1v) is 10.9. The second-order valence-corrected chi connectivity index (χ2v) is 8.36. The summed E-state index contributed by atoms with van der Waals surface area (Å²) in [6.45, 7) is 1.74. The number of ketones is 1. The maximum absolute atomic E-state index is 13.1. The highest BCUT2D eigenvalue weighted by Crippen LogP contribution is 2.41. The summed E-state index contributed by atoms with van der Waals surface area (Å²) in [6, 6.07) is 9.56. The van der Waals surface area contributed by atoms with Gasteiger partial charge in [0.1, 0.15) is 19.0 Å². The molecule has 2 aliphatic heterocycles. The fourth-order valence-corrected chi connectivity index (χ4v) is 4.14. The molecule has 1 unspecified atom stereocenters. The van der Waals surface area contributed by atoms with Crippen molar-refractivity contribution >= 4 is 23.1 Å². The summed E-state index contributed by atoms with van der Waals surface area (Å²) in [5.41, 5.74) is 0.622. The van der Waals surface area contributed by atoms with Gasteiger partial charge in [-0.2, -0.15) is 0 Å². The van der Waals surface area contributed by atoms with Crippen molar-refractivity contribution < 1.29 is 29.1 Å². The molecular formula is C24H25N3O7. The number of hydrogen-bond acceptors (Lipinski definition) is 8. The van der Waals surface area contributed by atoms with Gasteiger partial charge in [-0.05, 0) is 63.0 Å². The lowest BCUT2D eigenvalue weighted by atomic mass is 9.95. The van der Waals surface area contributed by atoms with E-state index in [9.17, 15) is 24.8 Å². The van der Waals surface area contributed by atoms with Crippen molar-refractivity contribution in [1.29, 1.82) is 0 Å². The number of benzene rings is 2. The number of nitro benzene ring substituents is 1. The molecule has 1 atom stereocenters. The van der Waals surface area contributed by atoms with Crippen LogP contribution in [0.25, 0.3) is 5.76 Å². The van der Waals surface area contributed by atoms with Crippen molar-refractivity contribution in [2.24, 2.45) is 0 Å². The number of non-ortho nitro benzene ring substituents is 1. The van der Waals surface area contributed by atoms with E-state index in [-0.39, 0.29) is 23.6 Å². The van der Waals surface area contributed by atoms with Gasteiger partial charge in [-0.25, -0.2) is 0 Å². The Labute approximate surface area is 196 Å². The van der Waals surface area contributed by atoms with Gasteiger partial charge in [-0.15, -0.1) is 0 Å². The molecule has 2 aromatic carbocycles. The molecule has 0 spiro atoms. The Balaban J connectivity index is 1.78. The van der Waals surface area contributed by atoms with Crippen LogP contribution in [-0.4, -0.2) is 71.9 Å². The number of amides is 1. The largest absolute Gasteiger partial charge is 0.507 e. The van der Waals surface area contributed by atoms with Gasteiger partial charge in [-0.3, -0.25) is 19.7 Å². The minimum absolute atomic E-state index is 0.0691. The van der Waals surface area contributed by atoms with Crippen molar-refractivity contribution in [3.8, 4) is 11.5 Å². The SMILES string of the molecule is CN(C)CCCN1C(=O)C(=O)/C(=C(\O)c2ccc3c(c2)OCCO3)C1c1ccc([N+](=O)[O-])cc1. The molecule has 0 saturated carbocycles. The van der Waals surface area contributed by atoms with E-state index in [1.165, 1.54) is 29.2 Å². The fraction of sp³-hybridized carbons (Fsp3) is 0.333. The third kappa shape index (κ3) is 4.44. The molecular weight excluding hydrogens is 442 g/mol. The number of carbonyl (C=O) groups is 2. The Hall–Kier alpha value is -3.92. The number of hydrogen-bond donors (Lipinski definition) is 1. The molecule has 0 aromatic heterocycles. The minimum atomic E-state index is -0.879. The monoisotopic (exact) mass is 467 g/mol. The number of nitro groups is 1. The quantitative estimate of drug-likeness (QED) is 0.217. The van der Waals surface area contributed by atoms with Gasteiger partial charge in [0.15, 0.2) is 11.5 Å². The molecule has 2 aliphatic rings. The lowest BCUT2D eigenvalue weighted by molar-refractivity contribution is -0.384. The first kappa shape index (κ1) is 23.2. The van der Waals surface area contributed by atoms with Crippen LogP contribution in [0, 0.1) is 10.1 Å². The standard InChI is InChI=1S/C24H25N3O7/c1-25(2)10-3-11-26-21(15-4-7-17(8-5-15)27(31)32)20(23(29)24(26)30)22(28)16-6-9-18-19(14-16)34-13-12-33-18/h4-9,14,21,28H,3,10-13H2,1-2H3/b22-20-. The van der Waals surface area contributed by atoms with Crippen LogP contribution in [0.5, 0.6) is 11.5 Å². The first-order valence-electron chi connectivity index (χ1n) is 10.9. The Morgan fingerprint density at radius 3 is 2.44 bits per heavy atom. The molecule has 10 heteroatoms. The maximum atomic E-state index is 13.1. The van der Waals surface area contributed by atoms with Crippen LogP contribution in [-0.2, 0) is 9.59 Å². The fourth-order valence-electron chi connectivity index (χ4n) is 4.14. The lowest BCUT2D eigenvalue weighted by Crippen LogP contribution is -2.32. The van der Waals surface area contributed by atoms with E-state index in [0.29, 0.717) is 48.8 Å². The minimum Gasteiger partial charge on any atom is -0.507 e. The molecule has 0 aliphatic carbocycles. The molecule has 34 heavy (non-hydrogen) atoms. The summed E-state index contributed by atoms with van der Waals surface area (Å²) in [4.78, 5) is 40.0. The van der Waals surface area contributed by atoms with Crippen LogP contribution < -0.4 is 9.47 Å². The van der Waals surface area contributed by atoms with E-state index in [4.69, 9.17) is 9.47 Å². The molecule has 0 bridgehead atoms. The van der Waals surface area contributed by atoms with Gasteiger partial charge in [0.2, 0.25) is 0 Å². The normalized spacial score (nSPS) is 19.0. The van der Waals surface area contributed by atoms with Gasteiger partial charge < -0.3 is 24.4 Å². The highest BCUT2D eigenvalue weighted by molar-refractivity contribution is 6.46. The van der Waals surface area contributed by atoms with E-state index in [1.807, 2.05) is 19.0 Å². The molecule has 1 fully saturated rings. The molecule has 2 heterocycles. The summed E-state index contributed by atoms with van der Waals surface area (Å²) in [5, 5.41) is 22.3. The average molecular weight is 467 g/mol. The van der Waals surface area contributed by atoms with Gasteiger partial charge in [0.25, 0.3) is 17.4 Å². The zero-order chi connectivity index (χ0) is 24.4. The van der Waals surface area contributed by atoms with Crippen molar-refractivity contribution in [3.63, 3.8) is 0 Å². The molecule has 1 N–H and O–H groups in total. The van der Waals surface area contributed by atoms with Crippen molar-refractivity contribution in [2.75, 3.05) is 40.4 Å². The van der Waals surface area contributed by atoms with Crippen LogP contribution in [0.15, 0.2) is 48.0 Å². The topological polar surface area (TPSA) is 122 Å². The summed E-state index contributed by atoms with van der Waals surface area (Å²) >= 11 is 0. The van der Waals surface area contributed by atoms with Crippen molar-refractivity contribution in [1.82, 2.24) is 9.80 Å². The van der Waals surface area contributed by atoms with Crippen LogP contribution in [0.1, 0.15) is 23.6 Å². The van der Waals surface area contributed by atoms with Crippen molar-refractivity contribution in [3.05, 3.63) is 69.3 Å². The van der Waals surface area contributed by atoms with Crippen LogP contribution >= 0.6 is 0 Å². The lowest BCUT2D eigenvalue weighted by Gasteiger charge is -2.26. The van der Waals surface area contributed by atoms with E-state index in [2.05, 4.69) is 0 Å². The molecule has 2 aromatic rings. The van der Waals surface area contributed by atoms with Gasteiger partial charge in [-0.1, -0.05) is 0 Å². The summed E-state index contributed by atoms with van der Waals surface area (Å²) in [6.07, 6.45) is 0.605. The average Bonchev–Trinajstić information content (AvgIpc) is 3.08. The summed E-state index contributed by atoms with van der Waals surface area (Å²) < 4.78 is 11.1. The molecule has 1 saturated heterocycles. The second-order valence-electron chi connectivity index (χ2n) is 8.36. The summed E-state index contributed by atoms with van der Waals surface area (Å²) in [5.74, 6) is -0.906. The van der Waals surface area contributed by atoms with Gasteiger partial charge >= 0.3 is 0 Å². The smallest absolute Gasteiger partial charge is 0.295 e. The first-order chi connectivity index (χ1) is 16.3. The zero-order valence-electron chi connectivity index (χ0n) is 18.9. The number of carbonyl (C=O) groups excluding carboxylic acids is 2. The van der Waals surface area contributed by atoms with E-state index in [1.54, 1.807) is 18.2 Å². The number of ether oxygens (including phenoxy) is 2. The van der Waals surface area contributed by atoms with Crippen LogP contribution in [0.4, 0.5) is 5.69 Å². The predicted molar refractivity (Wildman–Crippen MR) is 123 cm³/mol. The predicted octanol–water partition coefficient (Wildman–Crippen LogP) is 2.74. The highest BCUT2D eigenvalue weighted by Gasteiger charge is 2.46. The Bertz CT molecular complexity index is 1160.